The Morgan fingerprint density at radius 1 is 0.357 bits per heavy atom. The molecule has 3 nitrogen and oxygen atoms in total. The van der Waals surface area contributed by atoms with E-state index in [9.17, 15) is 0 Å². The molecule has 264 valence electrons. The van der Waals surface area contributed by atoms with Crippen LogP contribution in [0.2, 0.25) is 0 Å². The van der Waals surface area contributed by atoms with Gasteiger partial charge in [-0.2, -0.15) is 0 Å². The Bertz CT molecular complexity index is 3110. The molecule has 2 heterocycles. The van der Waals surface area contributed by atoms with E-state index in [0.717, 1.165) is 33.1 Å². The molecule has 2 aromatic heterocycles. The van der Waals surface area contributed by atoms with Crippen molar-refractivity contribution >= 4 is 54.4 Å². The number of hydrogen-bond donors (Lipinski definition) is 0. The molecular formula is C53H37N3. The minimum Gasteiger partial charge on any atom is -0.309 e. The zero-order valence-electron chi connectivity index (χ0n) is 31.0. The molecule has 9 aromatic carbocycles. The fourth-order valence-electron chi connectivity index (χ4n) is 8.08. The van der Waals surface area contributed by atoms with E-state index in [1.165, 1.54) is 66.1 Å². The Labute approximate surface area is 325 Å². The standard InChI is InChI=1S/C35H24N2.C18H13N/c1-23-8-6-9-26(20-23)24-16-18-25(19-17-24)27-10-7-11-28(21-27)33-22-36-34-31-14-4-2-12-29(31)30-13-3-5-15-32(30)35(34)37-33;1-2-8-14(9-3-1)19-17-12-6-4-10-15(17)16-11-5-7-13-18(16)19/h2-22H,1H3;1-13H. The highest BCUT2D eigenvalue weighted by Crippen LogP contribution is 2.35. The van der Waals surface area contributed by atoms with Gasteiger partial charge in [0.05, 0.1) is 34.0 Å². The first kappa shape index (κ1) is 33.2. The average molecular weight is 716 g/mol. The highest BCUT2D eigenvalue weighted by molar-refractivity contribution is 6.23. The number of nitrogens with zero attached hydrogens (tertiary/aromatic N) is 3. The van der Waals surface area contributed by atoms with Crippen LogP contribution in [-0.4, -0.2) is 14.5 Å². The van der Waals surface area contributed by atoms with E-state index in [1.54, 1.807) is 0 Å². The van der Waals surface area contributed by atoms with Crippen molar-refractivity contribution < 1.29 is 0 Å². The molecular weight excluding hydrogens is 679 g/mol. The summed E-state index contributed by atoms with van der Waals surface area (Å²) in [7, 11) is 0. The fourth-order valence-corrected chi connectivity index (χ4v) is 8.08. The second kappa shape index (κ2) is 14.1. The third kappa shape index (κ3) is 5.96. The van der Waals surface area contributed by atoms with Crippen LogP contribution in [0.25, 0.3) is 93.6 Å². The van der Waals surface area contributed by atoms with Crippen molar-refractivity contribution in [2.45, 2.75) is 6.92 Å². The van der Waals surface area contributed by atoms with Crippen LogP contribution in [0.1, 0.15) is 5.56 Å². The largest absolute Gasteiger partial charge is 0.309 e. The number of rotatable bonds is 4. The normalized spacial score (nSPS) is 11.3. The molecule has 0 amide bonds. The Balaban J connectivity index is 0.000000169. The van der Waals surface area contributed by atoms with Gasteiger partial charge >= 0.3 is 0 Å². The summed E-state index contributed by atoms with van der Waals surface area (Å²) in [6.45, 7) is 2.13. The summed E-state index contributed by atoms with van der Waals surface area (Å²) in [5.74, 6) is 0. The van der Waals surface area contributed by atoms with Gasteiger partial charge in [0, 0.05) is 32.8 Å². The topological polar surface area (TPSA) is 30.7 Å². The lowest BCUT2D eigenvalue weighted by Gasteiger charge is -2.11. The number of fused-ring (bicyclic) bond motifs is 9. The number of aryl methyl sites for hydroxylation is 1. The molecule has 0 aliphatic carbocycles. The molecule has 0 spiro atoms. The lowest BCUT2D eigenvalue weighted by atomic mass is 9.97. The molecule has 11 aromatic rings. The predicted molar refractivity (Wildman–Crippen MR) is 236 cm³/mol. The van der Waals surface area contributed by atoms with Crippen molar-refractivity contribution in [1.82, 2.24) is 14.5 Å². The number of benzene rings is 9. The van der Waals surface area contributed by atoms with Gasteiger partial charge in [0.2, 0.25) is 0 Å². The quantitative estimate of drug-likeness (QED) is 0.170. The summed E-state index contributed by atoms with van der Waals surface area (Å²) in [5.41, 5.74) is 13.6. The van der Waals surface area contributed by atoms with Crippen LogP contribution in [0, 0.1) is 6.92 Å². The zero-order valence-corrected chi connectivity index (χ0v) is 31.0. The fraction of sp³-hybridized carbons (Fsp3) is 0.0189. The van der Waals surface area contributed by atoms with E-state index in [1.807, 2.05) is 6.20 Å². The summed E-state index contributed by atoms with van der Waals surface area (Å²) in [5, 5.41) is 7.30. The number of hydrogen-bond acceptors (Lipinski definition) is 2. The first-order valence-electron chi connectivity index (χ1n) is 19.1. The minimum absolute atomic E-state index is 0.881. The maximum atomic E-state index is 5.16. The Morgan fingerprint density at radius 2 is 0.839 bits per heavy atom. The first-order chi connectivity index (χ1) is 27.7. The molecule has 56 heavy (non-hydrogen) atoms. The van der Waals surface area contributed by atoms with Crippen LogP contribution in [0.4, 0.5) is 0 Å². The molecule has 0 atom stereocenters. The summed E-state index contributed by atoms with van der Waals surface area (Å²) < 4.78 is 2.32. The summed E-state index contributed by atoms with van der Waals surface area (Å²) in [6, 6.07) is 70.6. The van der Waals surface area contributed by atoms with Crippen LogP contribution in [0.3, 0.4) is 0 Å². The molecule has 0 N–H and O–H groups in total. The summed E-state index contributed by atoms with van der Waals surface area (Å²) in [4.78, 5) is 10.1. The monoisotopic (exact) mass is 715 g/mol. The van der Waals surface area contributed by atoms with Crippen molar-refractivity contribution in [3.05, 3.63) is 212 Å². The van der Waals surface area contributed by atoms with Gasteiger partial charge in [0.15, 0.2) is 0 Å². The maximum absolute atomic E-state index is 5.16. The van der Waals surface area contributed by atoms with E-state index in [4.69, 9.17) is 9.97 Å². The van der Waals surface area contributed by atoms with Crippen LogP contribution in [0.5, 0.6) is 0 Å². The van der Waals surface area contributed by atoms with Crippen LogP contribution in [0.15, 0.2) is 206 Å². The molecule has 0 aliphatic rings. The van der Waals surface area contributed by atoms with Crippen LogP contribution >= 0.6 is 0 Å². The molecule has 0 saturated carbocycles. The Hall–Kier alpha value is -7.36. The van der Waals surface area contributed by atoms with E-state index in [-0.39, 0.29) is 0 Å². The smallest absolute Gasteiger partial charge is 0.0979 e. The highest BCUT2D eigenvalue weighted by Gasteiger charge is 2.13. The molecule has 3 heteroatoms. The molecule has 11 rings (SSSR count). The SMILES string of the molecule is Cc1cccc(-c2ccc(-c3cccc(-c4cnc5c6ccccc6c6ccccc6c5n4)c3)cc2)c1.c1ccc(-n2c3ccccc3c3ccccc32)cc1. The molecule has 0 unspecified atom stereocenters. The van der Waals surface area contributed by atoms with Crippen molar-refractivity contribution in [1.29, 1.82) is 0 Å². The van der Waals surface area contributed by atoms with E-state index < -0.39 is 0 Å². The summed E-state index contributed by atoms with van der Waals surface area (Å²) >= 11 is 0. The van der Waals surface area contributed by atoms with E-state index >= 15 is 0 Å². The summed E-state index contributed by atoms with van der Waals surface area (Å²) in [6.07, 6.45) is 1.91. The minimum atomic E-state index is 0.881. The van der Waals surface area contributed by atoms with Crippen LogP contribution in [-0.2, 0) is 0 Å². The van der Waals surface area contributed by atoms with Crippen molar-refractivity contribution in [2.24, 2.45) is 0 Å². The van der Waals surface area contributed by atoms with Gasteiger partial charge in [-0.1, -0.05) is 175 Å². The Kier molecular flexibility index (Phi) is 8.38. The van der Waals surface area contributed by atoms with Gasteiger partial charge in [0.1, 0.15) is 0 Å². The van der Waals surface area contributed by atoms with Crippen molar-refractivity contribution in [2.75, 3.05) is 0 Å². The lowest BCUT2D eigenvalue weighted by molar-refractivity contribution is 1.18. The van der Waals surface area contributed by atoms with Crippen molar-refractivity contribution in [3.63, 3.8) is 0 Å². The zero-order chi connectivity index (χ0) is 37.4. The third-order valence-electron chi connectivity index (χ3n) is 10.7. The highest BCUT2D eigenvalue weighted by atomic mass is 15.0. The molecule has 0 radical (unpaired) electrons. The second-order valence-electron chi connectivity index (χ2n) is 14.3. The Morgan fingerprint density at radius 3 is 1.45 bits per heavy atom. The maximum Gasteiger partial charge on any atom is 0.0979 e. The second-order valence-corrected chi connectivity index (χ2v) is 14.3. The average Bonchev–Trinajstić information content (AvgIpc) is 3.61. The van der Waals surface area contributed by atoms with Gasteiger partial charge in [0.25, 0.3) is 0 Å². The predicted octanol–water partition coefficient (Wildman–Crippen LogP) is 14.0. The lowest BCUT2D eigenvalue weighted by Crippen LogP contribution is -1.92. The van der Waals surface area contributed by atoms with E-state index in [2.05, 4.69) is 212 Å². The van der Waals surface area contributed by atoms with Gasteiger partial charge < -0.3 is 4.57 Å². The first-order valence-corrected chi connectivity index (χ1v) is 19.1. The van der Waals surface area contributed by atoms with Gasteiger partial charge in [-0.25, -0.2) is 4.98 Å². The van der Waals surface area contributed by atoms with Gasteiger partial charge in [-0.05, 0) is 70.3 Å². The number of aromatic nitrogens is 3. The molecule has 0 bridgehead atoms. The van der Waals surface area contributed by atoms with Gasteiger partial charge in [-0.15, -0.1) is 0 Å². The molecule has 0 fully saturated rings. The number of para-hydroxylation sites is 3. The van der Waals surface area contributed by atoms with Crippen LogP contribution < -0.4 is 0 Å². The molecule has 0 aliphatic heterocycles. The van der Waals surface area contributed by atoms with Crippen molar-refractivity contribution in [3.8, 4) is 39.2 Å². The molecule has 0 saturated heterocycles. The van der Waals surface area contributed by atoms with E-state index in [0.29, 0.717) is 0 Å². The van der Waals surface area contributed by atoms with Gasteiger partial charge in [-0.3, -0.25) is 4.98 Å². The third-order valence-corrected chi connectivity index (χ3v) is 10.7.